The fourth-order valence-electron chi connectivity index (χ4n) is 3.74. The fourth-order valence-corrected chi connectivity index (χ4v) is 4.29. The maximum Gasteiger partial charge on any atom is 0.460 e. The summed E-state index contributed by atoms with van der Waals surface area (Å²) in [6.07, 6.45) is 13.3. The third kappa shape index (κ3) is 11.2. The number of rotatable bonds is 6. The van der Waals surface area contributed by atoms with Crippen molar-refractivity contribution in [1.82, 2.24) is 0 Å². The molecule has 0 fully saturated rings. The number of halogens is 9. The quantitative estimate of drug-likeness (QED) is 0.175. The lowest BCUT2D eigenvalue weighted by Crippen LogP contribution is -2.59. The summed E-state index contributed by atoms with van der Waals surface area (Å²) in [6, 6.07) is 12.5. The van der Waals surface area contributed by atoms with E-state index in [0.717, 1.165) is 43.6 Å². The van der Waals surface area contributed by atoms with Crippen LogP contribution in [0.4, 0.5) is 39.5 Å². The third-order valence-electron chi connectivity index (χ3n) is 5.91. The smallest absolute Gasteiger partial charge is 0.460 e. The predicted octanol–water partition coefficient (Wildman–Crippen LogP) is 11.3. The lowest BCUT2D eigenvalue weighted by atomic mass is 9.96. The molecule has 44 heavy (non-hydrogen) atoms. The van der Waals surface area contributed by atoms with Crippen molar-refractivity contribution < 1.29 is 48.4 Å². The summed E-state index contributed by atoms with van der Waals surface area (Å²) >= 11 is -1.48. The van der Waals surface area contributed by atoms with E-state index >= 15 is 0 Å². The molecule has 2 nitrogen and oxygen atoms in total. The average Bonchev–Trinajstić information content (AvgIpc) is 2.93. The first-order valence-corrected chi connectivity index (χ1v) is 14.5. The van der Waals surface area contributed by atoms with Crippen LogP contribution < -0.4 is 8.92 Å². The highest BCUT2D eigenvalue weighted by Gasteiger charge is 2.82. The van der Waals surface area contributed by atoms with E-state index in [4.69, 9.17) is 4.74 Å². The van der Waals surface area contributed by atoms with Gasteiger partial charge in [0.15, 0.2) is 0 Å². The minimum absolute atomic E-state index is 0.115. The highest BCUT2D eigenvalue weighted by molar-refractivity contribution is 7.96. The second-order valence-corrected chi connectivity index (χ2v) is 11.6. The molecular weight excluding hydrogens is 619 g/mol. The molecule has 0 saturated heterocycles. The topological polar surface area (TPSA) is 18.5 Å². The molecule has 0 amide bonds. The standard InChI is InChI=1S/C16H22O.C10H5F9OS.C6H8/c1-16(2,3)17-15-11-10-13-8-6-4-5-7-9-14(13)12-15;11-7(12,9(15,16)17)8(13,14)10(18,19)21-20-6-4-2-1-3-5-6;1-2-4-6-5-3-1/h4-5,10-12H,6-9H2,1-3H3;1-5H;1-4H,5-6H2. The Morgan fingerprint density at radius 2 is 1.14 bits per heavy atom. The second-order valence-electron chi connectivity index (χ2n) is 10.8. The van der Waals surface area contributed by atoms with E-state index in [0.29, 0.717) is 0 Å². The Morgan fingerprint density at radius 1 is 0.591 bits per heavy atom. The summed E-state index contributed by atoms with van der Waals surface area (Å²) < 4.78 is 122. The number of allylic oxidation sites excluding steroid dienone is 6. The van der Waals surface area contributed by atoms with Gasteiger partial charge < -0.3 is 8.92 Å². The van der Waals surface area contributed by atoms with Crippen LogP contribution in [0.1, 0.15) is 57.6 Å². The van der Waals surface area contributed by atoms with Crippen molar-refractivity contribution in [2.24, 2.45) is 0 Å². The van der Waals surface area contributed by atoms with Gasteiger partial charge in [0, 0.05) is 0 Å². The average molecular weight is 655 g/mol. The minimum Gasteiger partial charge on any atom is -0.488 e. The summed E-state index contributed by atoms with van der Waals surface area (Å²) in [4.78, 5) is 0. The van der Waals surface area contributed by atoms with E-state index in [-0.39, 0.29) is 5.60 Å². The Kier molecular flexibility index (Phi) is 13.4. The molecule has 0 bridgehead atoms. The molecule has 2 aliphatic rings. The first-order chi connectivity index (χ1) is 20.4. The first kappa shape index (κ1) is 37.2. The highest BCUT2D eigenvalue weighted by atomic mass is 32.2. The minimum atomic E-state index is -6.92. The fraction of sp³-hybridized carbons (Fsp3) is 0.438. The van der Waals surface area contributed by atoms with Crippen molar-refractivity contribution in [2.45, 2.75) is 88.2 Å². The van der Waals surface area contributed by atoms with Crippen LogP contribution in [0.25, 0.3) is 0 Å². The molecule has 0 unspecified atom stereocenters. The van der Waals surface area contributed by atoms with E-state index in [9.17, 15) is 39.5 Å². The number of benzene rings is 2. The number of hydrogen-bond acceptors (Lipinski definition) is 3. The Bertz CT molecular complexity index is 1240. The number of para-hydroxylation sites is 1. The van der Waals surface area contributed by atoms with Crippen molar-refractivity contribution >= 4 is 12.0 Å². The lowest BCUT2D eigenvalue weighted by Gasteiger charge is -2.32. The van der Waals surface area contributed by atoms with E-state index in [1.54, 1.807) is 0 Å². The van der Waals surface area contributed by atoms with Crippen molar-refractivity contribution in [1.29, 1.82) is 0 Å². The monoisotopic (exact) mass is 654 g/mol. The van der Waals surface area contributed by atoms with Crippen molar-refractivity contribution in [3.8, 4) is 11.5 Å². The van der Waals surface area contributed by atoms with Crippen molar-refractivity contribution in [3.63, 3.8) is 0 Å². The van der Waals surface area contributed by atoms with Crippen LogP contribution >= 0.6 is 12.0 Å². The molecule has 0 spiro atoms. The van der Waals surface area contributed by atoms with Gasteiger partial charge in [-0.25, -0.2) is 0 Å². The van der Waals surface area contributed by atoms with Gasteiger partial charge in [0.25, 0.3) is 0 Å². The molecule has 0 aromatic heterocycles. The van der Waals surface area contributed by atoms with Gasteiger partial charge >= 0.3 is 23.3 Å². The predicted molar refractivity (Wildman–Crippen MR) is 156 cm³/mol. The molecule has 0 saturated carbocycles. The molecular formula is C32H35F9O2S. The second kappa shape index (κ2) is 15.8. The van der Waals surface area contributed by atoms with Crippen LogP contribution in [0.5, 0.6) is 11.5 Å². The summed E-state index contributed by atoms with van der Waals surface area (Å²) in [5.74, 6) is -13.0. The zero-order valence-corrected chi connectivity index (χ0v) is 25.3. The largest absolute Gasteiger partial charge is 0.488 e. The number of ether oxygens (including phenoxy) is 1. The molecule has 4 rings (SSSR count). The van der Waals surface area contributed by atoms with Crippen LogP contribution in [0.2, 0.25) is 0 Å². The van der Waals surface area contributed by atoms with Gasteiger partial charge in [0.05, 0.1) is 0 Å². The molecule has 0 radical (unpaired) electrons. The molecule has 0 N–H and O–H groups in total. The molecule has 244 valence electrons. The van der Waals surface area contributed by atoms with Gasteiger partial charge in [-0.3, -0.25) is 0 Å². The number of hydrogen-bond donors (Lipinski definition) is 0. The van der Waals surface area contributed by atoms with E-state index in [1.807, 2.05) is 0 Å². The first-order valence-electron chi connectivity index (χ1n) is 13.8. The Labute approximate surface area is 256 Å². The molecule has 2 aromatic carbocycles. The number of fused-ring (bicyclic) bond motifs is 1. The van der Waals surface area contributed by atoms with Crippen LogP contribution in [0, 0.1) is 0 Å². The maximum absolute atomic E-state index is 13.0. The van der Waals surface area contributed by atoms with E-state index < -0.39 is 41.1 Å². The van der Waals surface area contributed by atoms with Gasteiger partial charge in [-0.05, 0) is 94.7 Å². The van der Waals surface area contributed by atoms with Gasteiger partial charge in [-0.15, -0.1) is 0 Å². The summed E-state index contributed by atoms with van der Waals surface area (Å²) in [5, 5.41) is -5.82. The Balaban J connectivity index is 0.000000261. The van der Waals surface area contributed by atoms with Crippen LogP contribution in [0.3, 0.4) is 0 Å². The summed E-state index contributed by atoms with van der Waals surface area (Å²) in [7, 11) is 0. The van der Waals surface area contributed by atoms with Crippen LogP contribution in [-0.2, 0) is 12.8 Å². The molecule has 2 aromatic rings. The van der Waals surface area contributed by atoms with Gasteiger partial charge in [-0.1, -0.05) is 60.7 Å². The summed E-state index contributed by atoms with van der Waals surface area (Å²) in [6.45, 7) is 6.27. The maximum atomic E-state index is 13.0. The summed E-state index contributed by atoms with van der Waals surface area (Å²) in [5.41, 5.74) is 2.82. The zero-order chi connectivity index (χ0) is 33.1. The normalized spacial score (nSPS) is 15.5. The van der Waals surface area contributed by atoms with Gasteiger partial charge in [0.1, 0.15) is 29.1 Å². The number of alkyl halides is 9. The SMILES string of the molecule is C1=CCCC=C1.CC(C)(C)Oc1ccc2c(c1)CCC=CCC2.FC(F)(F)C(F)(F)C(F)(F)C(F)(F)SOc1ccccc1. The highest BCUT2D eigenvalue weighted by Crippen LogP contribution is 2.56. The molecule has 0 heterocycles. The van der Waals surface area contributed by atoms with Crippen LogP contribution in [0.15, 0.2) is 85.0 Å². The van der Waals surface area contributed by atoms with E-state index in [1.165, 1.54) is 42.2 Å². The third-order valence-corrected chi connectivity index (χ3v) is 6.66. The van der Waals surface area contributed by atoms with Gasteiger partial charge in [0.2, 0.25) is 0 Å². The van der Waals surface area contributed by atoms with Crippen LogP contribution in [-0.4, -0.2) is 28.9 Å². The molecule has 0 atom stereocenters. The van der Waals surface area contributed by atoms with Crippen molar-refractivity contribution in [3.05, 3.63) is 96.1 Å². The molecule has 0 aliphatic heterocycles. The van der Waals surface area contributed by atoms with Gasteiger partial charge in [-0.2, -0.15) is 39.5 Å². The van der Waals surface area contributed by atoms with Crippen molar-refractivity contribution in [2.75, 3.05) is 0 Å². The number of aryl methyl sites for hydroxylation is 2. The van der Waals surface area contributed by atoms with E-state index in [2.05, 4.69) is 79.6 Å². The zero-order valence-electron chi connectivity index (χ0n) is 24.5. The Morgan fingerprint density at radius 3 is 1.61 bits per heavy atom. The Hall–Kier alpha value is -3.02. The lowest BCUT2D eigenvalue weighted by molar-refractivity contribution is -0.381. The molecule has 2 aliphatic carbocycles. The molecule has 12 heteroatoms.